The number of carboxylic acid groups (broad SMARTS) is 1. The van der Waals surface area contributed by atoms with Crippen LogP contribution >= 0.6 is 0 Å². The van der Waals surface area contributed by atoms with Gasteiger partial charge >= 0.3 is 5.97 Å². The fourth-order valence-corrected chi connectivity index (χ4v) is 1.57. The molecule has 1 unspecified atom stereocenters. The molecule has 0 spiro atoms. The first-order chi connectivity index (χ1) is 5.61. The van der Waals surface area contributed by atoms with Gasteiger partial charge in [0.25, 0.3) is 0 Å². The van der Waals surface area contributed by atoms with Crippen molar-refractivity contribution in [3.63, 3.8) is 0 Å². The molecular formula is C7H13N3O2. The predicted octanol–water partition coefficient (Wildman–Crippen LogP) is -0.487. The second kappa shape index (κ2) is 3.42. The van der Waals surface area contributed by atoms with Crippen molar-refractivity contribution in [2.24, 2.45) is 22.4 Å². The Morgan fingerprint density at radius 2 is 2.08 bits per heavy atom. The number of nitrogens with zero attached hydrogens (tertiary/aromatic N) is 1. The molecular weight excluding hydrogens is 158 g/mol. The van der Waals surface area contributed by atoms with E-state index in [1.807, 2.05) is 0 Å². The number of carboxylic acids is 1. The number of rotatable bonds is 2. The van der Waals surface area contributed by atoms with E-state index in [0.717, 1.165) is 12.8 Å². The molecule has 0 radical (unpaired) electrons. The second-order valence-corrected chi connectivity index (χ2v) is 3.00. The zero-order valence-electron chi connectivity index (χ0n) is 6.73. The van der Waals surface area contributed by atoms with Crippen LogP contribution in [0.1, 0.15) is 19.3 Å². The average molecular weight is 171 g/mol. The van der Waals surface area contributed by atoms with E-state index in [1.54, 1.807) is 0 Å². The Kier molecular flexibility index (Phi) is 2.52. The quantitative estimate of drug-likeness (QED) is 0.385. The molecule has 2 atom stereocenters. The Bertz CT molecular complexity index is 211. The molecule has 0 bridgehead atoms. The predicted molar refractivity (Wildman–Crippen MR) is 44.6 cm³/mol. The van der Waals surface area contributed by atoms with Crippen LogP contribution in [0.15, 0.2) is 4.99 Å². The fraction of sp³-hybridized carbons (Fsp3) is 0.714. The SMILES string of the molecule is NC(N)=NC1CCC[C@@H]1C(=O)O. The standard InChI is InChI=1S/C7H13N3O2/c8-7(9)10-5-3-1-2-4(5)6(11)12/h4-5H,1-3H2,(H,11,12)(H4,8,9,10)/t4-,5?/m0/s1. The molecule has 1 aliphatic carbocycles. The van der Waals surface area contributed by atoms with E-state index in [9.17, 15) is 4.79 Å². The molecule has 0 heterocycles. The molecule has 1 aliphatic rings. The molecule has 0 saturated heterocycles. The van der Waals surface area contributed by atoms with Gasteiger partial charge in [0, 0.05) is 0 Å². The van der Waals surface area contributed by atoms with E-state index < -0.39 is 11.9 Å². The normalized spacial score (nSPS) is 28.3. The van der Waals surface area contributed by atoms with Crippen molar-refractivity contribution < 1.29 is 9.90 Å². The summed E-state index contributed by atoms with van der Waals surface area (Å²) in [4.78, 5) is 14.5. The summed E-state index contributed by atoms with van der Waals surface area (Å²) < 4.78 is 0. The topological polar surface area (TPSA) is 102 Å². The minimum Gasteiger partial charge on any atom is -0.481 e. The lowest BCUT2D eigenvalue weighted by Gasteiger charge is -2.10. The summed E-state index contributed by atoms with van der Waals surface area (Å²) in [6, 6.07) is -0.215. The van der Waals surface area contributed by atoms with E-state index in [2.05, 4.69) is 4.99 Å². The van der Waals surface area contributed by atoms with Crippen molar-refractivity contribution in [2.75, 3.05) is 0 Å². The van der Waals surface area contributed by atoms with Crippen molar-refractivity contribution in [1.82, 2.24) is 0 Å². The first-order valence-electron chi connectivity index (χ1n) is 3.93. The Labute approximate surface area is 70.5 Å². The highest BCUT2D eigenvalue weighted by Crippen LogP contribution is 2.28. The number of aliphatic imine (C=N–C) groups is 1. The molecule has 5 nitrogen and oxygen atoms in total. The van der Waals surface area contributed by atoms with E-state index in [1.165, 1.54) is 0 Å². The lowest BCUT2D eigenvalue weighted by Crippen LogP contribution is -2.29. The summed E-state index contributed by atoms with van der Waals surface area (Å²) in [5.74, 6) is -1.22. The van der Waals surface area contributed by atoms with Crippen molar-refractivity contribution in [3.05, 3.63) is 0 Å². The number of nitrogens with two attached hydrogens (primary N) is 2. The van der Waals surface area contributed by atoms with Crippen LogP contribution < -0.4 is 11.5 Å². The molecule has 0 amide bonds. The fourth-order valence-electron chi connectivity index (χ4n) is 1.57. The molecule has 0 aromatic carbocycles. The Hall–Kier alpha value is -1.26. The molecule has 68 valence electrons. The van der Waals surface area contributed by atoms with Crippen molar-refractivity contribution in [1.29, 1.82) is 0 Å². The molecule has 5 heteroatoms. The molecule has 0 aromatic rings. The van der Waals surface area contributed by atoms with Gasteiger partial charge in [0.1, 0.15) is 0 Å². The minimum absolute atomic E-state index is 0.0202. The molecule has 5 N–H and O–H groups in total. The summed E-state index contributed by atoms with van der Waals surface area (Å²) >= 11 is 0. The number of hydrogen-bond donors (Lipinski definition) is 3. The van der Waals surface area contributed by atoms with Gasteiger partial charge in [0.2, 0.25) is 0 Å². The highest BCUT2D eigenvalue weighted by molar-refractivity contribution is 5.77. The van der Waals surface area contributed by atoms with Gasteiger partial charge in [-0.25, -0.2) is 4.99 Å². The smallest absolute Gasteiger partial charge is 0.308 e. The van der Waals surface area contributed by atoms with Crippen molar-refractivity contribution in [2.45, 2.75) is 25.3 Å². The van der Waals surface area contributed by atoms with Gasteiger partial charge in [-0.1, -0.05) is 6.42 Å². The third-order valence-electron chi connectivity index (χ3n) is 2.11. The van der Waals surface area contributed by atoms with Crippen molar-refractivity contribution in [3.8, 4) is 0 Å². The van der Waals surface area contributed by atoms with Crippen LogP contribution in [-0.4, -0.2) is 23.1 Å². The van der Waals surface area contributed by atoms with Crippen LogP contribution in [0.4, 0.5) is 0 Å². The van der Waals surface area contributed by atoms with E-state index >= 15 is 0 Å². The molecule has 0 aromatic heterocycles. The number of aliphatic carboxylic acids is 1. The first kappa shape index (κ1) is 8.83. The van der Waals surface area contributed by atoms with Crippen LogP contribution in [0.2, 0.25) is 0 Å². The summed E-state index contributed by atoms with van der Waals surface area (Å²) in [5.41, 5.74) is 10.3. The van der Waals surface area contributed by atoms with E-state index in [4.69, 9.17) is 16.6 Å². The van der Waals surface area contributed by atoms with E-state index in [-0.39, 0.29) is 12.0 Å². The van der Waals surface area contributed by atoms with Crippen LogP contribution in [0.5, 0.6) is 0 Å². The maximum absolute atomic E-state index is 10.6. The lowest BCUT2D eigenvalue weighted by molar-refractivity contribution is -0.141. The molecule has 1 rings (SSSR count). The molecule has 1 fully saturated rings. The van der Waals surface area contributed by atoms with Gasteiger partial charge in [-0.15, -0.1) is 0 Å². The summed E-state index contributed by atoms with van der Waals surface area (Å²) in [5, 5.41) is 8.75. The van der Waals surface area contributed by atoms with Crippen LogP contribution in [0, 0.1) is 5.92 Å². The van der Waals surface area contributed by atoms with Crippen molar-refractivity contribution >= 4 is 11.9 Å². The van der Waals surface area contributed by atoms with Crippen LogP contribution in [0.25, 0.3) is 0 Å². The summed E-state index contributed by atoms with van der Waals surface area (Å²) in [6.07, 6.45) is 2.34. The maximum atomic E-state index is 10.6. The molecule has 12 heavy (non-hydrogen) atoms. The Balaban J connectivity index is 2.64. The summed E-state index contributed by atoms with van der Waals surface area (Å²) in [6.45, 7) is 0. The zero-order chi connectivity index (χ0) is 9.14. The van der Waals surface area contributed by atoms with Gasteiger partial charge in [-0.3, -0.25) is 4.79 Å². The van der Waals surface area contributed by atoms with Crippen LogP contribution in [-0.2, 0) is 4.79 Å². The first-order valence-corrected chi connectivity index (χ1v) is 3.93. The largest absolute Gasteiger partial charge is 0.481 e. The van der Waals surface area contributed by atoms with E-state index in [0.29, 0.717) is 6.42 Å². The second-order valence-electron chi connectivity index (χ2n) is 3.00. The lowest BCUT2D eigenvalue weighted by atomic mass is 10.1. The van der Waals surface area contributed by atoms with Crippen LogP contribution in [0.3, 0.4) is 0 Å². The number of hydrogen-bond acceptors (Lipinski definition) is 2. The maximum Gasteiger partial charge on any atom is 0.308 e. The Morgan fingerprint density at radius 3 is 2.58 bits per heavy atom. The highest BCUT2D eigenvalue weighted by Gasteiger charge is 2.32. The summed E-state index contributed by atoms with van der Waals surface area (Å²) in [7, 11) is 0. The van der Waals surface area contributed by atoms with Gasteiger partial charge in [0.05, 0.1) is 12.0 Å². The number of guanidine groups is 1. The molecule has 0 aliphatic heterocycles. The number of carbonyl (C=O) groups is 1. The van der Waals surface area contributed by atoms with Gasteiger partial charge < -0.3 is 16.6 Å². The minimum atomic E-state index is -0.803. The third kappa shape index (κ3) is 1.87. The zero-order valence-corrected chi connectivity index (χ0v) is 6.73. The Morgan fingerprint density at radius 1 is 1.42 bits per heavy atom. The molecule has 1 saturated carbocycles. The third-order valence-corrected chi connectivity index (χ3v) is 2.11. The van der Waals surface area contributed by atoms with Gasteiger partial charge in [0.15, 0.2) is 5.96 Å². The highest BCUT2D eigenvalue weighted by atomic mass is 16.4. The monoisotopic (exact) mass is 171 g/mol. The van der Waals surface area contributed by atoms with Gasteiger partial charge in [-0.05, 0) is 12.8 Å². The average Bonchev–Trinajstić information content (AvgIpc) is 2.33. The van der Waals surface area contributed by atoms with Gasteiger partial charge in [-0.2, -0.15) is 0 Å².